The van der Waals surface area contributed by atoms with Gasteiger partial charge in [-0.2, -0.15) is 15.5 Å². The van der Waals surface area contributed by atoms with Crippen molar-refractivity contribution in [1.29, 1.82) is 5.26 Å². The topological polar surface area (TPSA) is 122 Å². The number of amides is 4. The van der Waals surface area contributed by atoms with Crippen molar-refractivity contribution in [2.45, 2.75) is 6.92 Å². The van der Waals surface area contributed by atoms with Gasteiger partial charge in [0.1, 0.15) is 0 Å². The van der Waals surface area contributed by atoms with Gasteiger partial charge in [0.05, 0.1) is 30.1 Å². The van der Waals surface area contributed by atoms with Gasteiger partial charge in [-0.3, -0.25) is 0 Å². The molecule has 1 aliphatic rings. The highest BCUT2D eigenvalue weighted by Gasteiger charge is 2.20. The van der Waals surface area contributed by atoms with Crippen LogP contribution in [0, 0.1) is 11.3 Å². The summed E-state index contributed by atoms with van der Waals surface area (Å²) in [5, 5.41) is 17.3. The van der Waals surface area contributed by atoms with Gasteiger partial charge in [-0.1, -0.05) is 12.1 Å². The number of rotatable bonds is 3. The van der Waals surface area contributed by atoms with Gasteiger partial charge in [0, 0.05) is 0 Å². The van der Waals surface area contributed by atoms with E-state index in [1.54, 1.807) is 31.2 Å². The van der Waals surface area contributed by atoms with E-state index < -0.39 is 12.1 Å². The van der Waals surface area contributed by atoms with E-state index in [2.05, 4.69) is 26.5 Å². The first-order chi connectivity index (χ1) is 10.6. The molecule has 0 aromatic heterocycles. The second kappa shape index (κ2) is 6.85. The van der Waals surface area contributed by atoms with Crippen molar-refractivity contribution < 1.29 is 9.59 Å². The highest BCUT2D eigenvalue weighted by Crippen LogP contribution is 2.01. The third kappa shape index (κ3) is 4.04. The smallest absolute Gasteiger partial charge is 0.245 e. The first-order valence-electron chi connectivity index (χ1n) is 6.29. The third-order valence-electron chi connectivity index (χ3n) is 2.61. The highest BCUT2D eigenvalue weighted by molar-refractivity contribution is 5.92. The molecule has 0 bridgehead atoms. The van der Waals surface area contributed by atoms with Crippen LogP contribution in [0.4, 0.5) is 9.59 Å². The maximum Gasteiger partial charge on any atom is 0.356 e. The number of hydrazone groups is 2. The van der Waals surface area contributed by atoms with Crippen LogP contribution in [0.3, 0.4) is 0 Å². The van der Waals surface area contributed by atoms with Crippen molar-refractivity contribution in [1.82, 2.24) is 21.3 Å². The molecule has 2 rings (SSSR count). The third-order valence-corrected chi connectivity index (χ3v) is 2.61. The quantitative estimate of drug-likeness (QED) is 0.556. The van der Waals surface area contributed by atoms with Gasteiger partial charge in [0.25, 0.3) is 0 Å². The van der Waals surface area contributed by atoms with Crippen LogP contribution in [0.2, 0.25) is 0 Å². The Hall–Kier alpha value is -3.41. The molecule has 0 saturated heterocycles. The number of carbonyl (C=O) groups is 2. The van der Waals surface area contributed by atoms with Crippen LogP contribution in [0.1, 0.15) is 18.1 Å². The fourth-order valence-corrected chi connectivity index (χ4v) is 1.63. The summed E-state index contributed by atoms with van der Waals surface area (Å²) in [4.78, 5) is 23.1. The molecule has 1 aliphatic heterocycles. The summed E-state index contributed by atoms with van der Waals surface area (Å²) in [6.07, 6.45) is 1.39. The molecule has 1 aromatic rings. The van der Waals surface area contributed by atoms with Crippen LogP contribution in [0.25, 0.3) is 0 Å². The lowest BCUT2D eigenvalue weighted by molar-refractivity contribution is 0.173. The Morgan fingerprint density at radius 1 is 1.59 bits per heavy atom. The van der Waals surface area contributed by atoms with Crippen molar-refractivity contribution >= 4 is 24.0 Å². The summed E-state index contributed by atoms with van der Waals surface area (Å²) in [6.45, 7) is 1.90. The molecule has 0 spiro atoms. The molecule has 4 amide bonds. The van der Waals surface area contributed by atoms with Gasteiger partial charge < -0.3 is 0 Å². The van der Waals surface area contributed by atoms with Crippen LogP contribution >= 0.6 is 0 Å². The Morgan fingerprint density at radius 3 is 3.18 bits per heavy atom. The number of hydrazine groups is 1. The number of hydrogen-bond donors (Lipinski definition) is 3. The summed E-state index contributed by atoms with van der Waals surface area (Å²) in [7, 11) is 0. The largest absolute Gasteiger partial charge is 0.356 e. The van der Waals surface area contributed by atoms with Crippen LogP contribution in [-0.2, 0) is 0 Å². The normalized spacial score (nSPS) is 14.1. The van der Waals surface area contributed by atoms with Crippen molar-refractivity contribution in [3.63, 3.8) is 0 Å². The summed E-state index contributed by atoms with van der Waals surface area (Å²) < 4.78 is 0. The predicted molar refractivity (Wildman–Crippen MR) is 78.8 cm³/mol. The molecule has 0 saturated carbocycles. The van der Waals surface area contributed by atoms with Gasteiger partial charge >= 0.3 is 12.1 Å². The van der Waals surface area contributed by atoms with E-state index in [1.807, 2.05) is 6.07 Å². The Kier molecular flexibility index (Phi) is 4.66. The summed E-state index contributed by atoms with van der Waals surface area (Å²) >= 11 is 0. The van der Waals surface area contributed by atoms with Crippen LogP contribution < -0.4 is 16.3 Å². The van der Waals surface area contributed by atoms with Gasteiger partial charge in [0.2, 0.25) is 0 Å². The lowest BCUT2D eigenvalue weighted by atomic mass is 10.1. The Bertz CT molecular complexity index is 690. The monoisotopic (exact) mass is 299 g/mol. The fraction of sp³-hybridized carbons (Fsp3) is 0.154. The van der Waals surface area contributed by atoms with Crippen molar-refractivity contribution in [2.24, 2.45) is 10.2 Å². The van der Waals surface area contributed by atoms with E-state index in [0.717, 1.165) is 5.01 Å². The fourth-order valence-electron chi connectivity index (χ4n) is 1.63. The molecule has 0 fully saturated rings. The molecule has 1 aromatic carbocycles. The predicted octanol–water partition coefficient (Wildman–Crippen LogP) is 0.507. The van der Waals surface area contributed by atoms with E-state index in [4.69, 9.17) is 5.26 Å². The molecule has 1 heterocycles. The molecular weight excluding hydrogens is 286 g/mol. The minimum absolute atomic E-state index is 0.188. The molecule has 0 atom stereocenters. The van der Waals surface area contributed by atoms with Crippen LogP contribution in [-0.4, -0.2) is 35.5 Å². The van der Waals surface area contributed by atoms with Gasteiger partial charge in [-0.25, -0.2) is 30.9 Å². The van der Waals surface area contributed by atoms with E-state index in [9.17, 15) is 9.59 Å². The zero-order valence-corrected chi connectivity index (χ0v) is 11.7. The minimum Gasteiger partial charge on any atom is -0.245 e. The molecule has 0 radical (unpaired) electrons. The number of hydrogen-bond acceptors (Lipinski definition) is 5. The summed E-state index contributed by atoms with van der Waals surface area (Å²) in [6, 6.07) is 7.54. The molecular formula is C13H13N7O2. The number of benzene rings is 1. The zero-order valence-electron chi connectivity index (χ0n) is 11.7. The Labute approximate surface area is 126 Å². The summed E-state index contributed by atoms with van der Waals surface area (Å²) in [5.41, 5.74) is 8.61. The lowest BCUT2D eigenvalue weighted by Crippen LogP contribution is -2.55. The Balaban J connectivity index is 1.87. The van der Waals surface area contributed by atoms with Crippen molar-refractivity contribution in [3.05, 3.63) is 35.4 Å². The second-order valence-corrected chi connectivity index (χ2v) is 4.40. The second-order valence-electron chi connectivity index (χ2n) is 4.40. The average Bonchev–Trinajstić information content (AvgIpc) is 2.51. The lowest BCUT2D eigenvalue weighted by Gasteiger charge is -2.25. The first-order valence-corrected chi connectivity index (χ1v) is 6.29. The molecule has 3 N–H and O–H groups in total. The number of carbonyl (C=O) groups excluding carboxylic acids is 2. The van der Waals surface area contributed by atoms with Crippen molar-refractivity contribution in [3.8, 4) is 6.07 Å². The highest BCUT2D eigenvalue weighted by atomic mass is 16.2. The molecule has 0 aliphatic carbocycles. The SMILES string of the molecule is CC1=NNC(=O)N(NC(=O)N/N=C/c2cccc(C#N)c2)C1. The molecule has 22 heavy (non-hydrogen) atoms. The molecule has 112 valence electrons. The number of nitrogens with zero attached hydrogens (tertiary/aromatic N) is 4. The summed E-state index contributed by atoms with van der Waals surface area (Å²) in [5.74, 6) is 0. The number of urea groups is 2. The number of nitriles is 1. The minimum atomic E-state index is -0.669. The zero-order chi connectivity index (χ0) is 15.9. The van der Waals surface area contributed by atoms with E-state index >= 15 is 0 Å². The number of nitrogens with one attached hydrogen (secondary N) is 3. The maximum atomic E-state index is 11.6. The van der Waals surface area contributed by atoms with Gasteiger partial charge in [-0.05, 0) is 24.6 Å². The molecule has 0 unspecified atom stereocenters. The first kappa shape index (κ1) is 15.0. The maximum absolute atomic E-state index is 11.6. The van der Waals surface area contributed by atoms with E-state index in [0.29, 0.717) is 16.8 Å². The Morgan fingerprint density at radius 2 is 2.41 bits per heavy atom. The van der Waals surface area contributed by atoms with E-state index in [1.165, 1.54) is 6.21 Å². The molecule has 9 nitrogen and oxygen atoms in total. The van der Waals surface area contributed by atoms with E-state index in [-0.39, 0.29) is 6.54 Å². The van der Waals surface area contributed by atoms with Crippen molar-refractivity contribution in [2.75, 3.05) is 6.54 Å². The standard InChI is InChI=1S/C13H13N7O2/c1-9-8-20(13(22)18-16-9)19-12(21)17-15-7-11-4-2-3-10(5-11)6-14/h2-5,7H,8H2,1H3,(H,18,22)(H2,17,19,21)/b15-7+. The van der Waals surface area contributed by atoms with Gasteiger partial charge in [0.15, 0.2) is 0 Å². The van der Waals surface area contributed by atoms with Gasteiger partial charge in [-0.15, -0.1) is 0 Å². The average molecular weight is 299 g/mol. The van der Waals surface area contributed by atoms with Crippen LogP contribution in [0.5, 0.6) is 0 Å². The molecule has 9 heteroatoms. The van der Waals surface area contributed by atoms with Crippen LogP contribution in [0.15, 0.2) is 34.5 Å².